The number of aromatic nitrogens is 2. The molecule has 0 aliphatic carbocycles. The van der Waals surface area contributed by atoms with Crippen molar-refractivity contribution < 1.29 is 17.6 Å². The summed E-state index contributed by atoms with van der Waals surface area (Å²) in [6.45, 7) is 5.18. The molecule has 92 valence electrons. The van der Waals surface area contributed by atoms with Gasteiger partial charge in [-0.15, -0.1) is 0 Å². The van der Waals surface area contributed by atoms with Gasteiger partial charge in [0.25, 0.3) is 0 Å². The Balaban J connectivity index is 3.13. The van der Waals surface area contributed by atoms with E-state index in [1.807, 2.05) is 5.10 Å². The number of hydrogen-bond donors (Lipinski definition) is 1. The van der Waals surface area contributed by atoms with Gasteiger partial charge in [0, 0.05) is 5.41 Å². The average Bonchev–Trinajstić information content (AvgIpc) is 2.47. The predicted octanol–water partition coefficient (Wildman–Crippen LogP) is 3.63. The van der Waals surface area contributed by atoms with Gasteiger partial charge >= 0.3 is 11.3 Å². The molecule has 0 aromatic carbocycles. The van der Waals surface area contributed by atoms with E-state index in [2.05, 4.69) is 16.7 Å². The number of rotatable bonds is 2. The number of alkyl halides is 5. The molecule has 0 unspecified atom stereocenters. The van der Waals surface area contributed by atoms with Crippen LogP contribution in [0.4, 0.5) is 17.6 Å². The quantitative estimate of drug-likeness (QED) is 0.637. The number of nitrogens with one attached hydrogen (secondary N) is 1. The molecule has 1 aromatic heterocycles. The third-order valence-electron chi connectivity index (χ3n) is 2.04. The summed E-state index contributed by atoms with van der Waals surface area (Å²) in [6, 6.07) is 0.899. The molecule has 1 heterocycles. The van der Waals surface area contributed by atoms with Crippen LogP contribution >= 0.6 is 11.6 Å². The molecule has 0 fully saturated rings. The first-order valence-electron chi connectivity index (χ1n) is 4.47. The van der Waals surface area contributed by atoms with Crippen LogP contribution in [-0.2, 0) is 11.3 Å². The maximum atomic E-state index is 13.1. The molecule has 0 saturated carbocycles. The molecule has 0 amide bonds. The van der Waals surface area contributed by atoms with Crippen molar-refractivity contribution in [3.8, 4) is 0 Å². The van der Waals surface area contributed by atoms with Crippen molar-refractivity contribution in [1.29, 1.82) is 0 Å². The van der Waals surface area contributed by atoms with E-state index in [1.165, 1.54) is 0 Å². The number of hydrogen-bond acceptors (Lipinski definition) is 1. The van der Waals surface area contributed by atoms with Gasteiger partial charge in [-0.25, -0.2) is 0 Å². The first kappa shape index (κ1) is 13.3. The summed E-state index contributed by atoms with van der Waals surface area (Å²) < 4.78 is 51.1. The Morgan fingerprint density at radius 3 is 2.00 bits per heavy atom. The molecule has 0 radical (unpaired) electrons. The lowest BCUT2D eigenvalue weighted by molar-refractivity contribution is -0.166. The lowest BCUT2D eigenvalue weighted by Crippen LogP contribution is -2.33. The Bertz CT molecular complexity index is 376. The highest BCUT2D eigenvalue weighted by atomic mass is 35.5. The SMILES string of the molecule is CC(C)(C)c1cc(C(F)(F)C(F)(F)Cl)[nH]n1. The van der Waals surface area contributed by atoms with E-state index in [0.717, 1.165) is 6.07 Å². The standard InChI is InChI=1S/C9H11ClF4N2/c1-7(2,3)5-4-6(16-15-5)8(11,12)9(10,13)14/h4H,1-3H3,(H,15,16). The normalized spacial score (nSPS) is 14.2. The summed E-state index contributed by atoms with van der Waals surface area (Å²) in [4.78, 5) is 0. The number of aromatic amines is 1. The van der Waals surface area contributed by atoms with Gasteiger partial charge in [-0.05, 0) is 17.7 Å². The van der Waals surface area contributed by atoms with E-state index in [4.69, 9.17) is 0 Å². The van der Waals surface area contributed by atoms with Gasteiger partial charge in [-0.1, -0.05) is 20.8 Å². The first-order chi connectivity index (χ1) is 6.96. The van der Waals surface area contributed by atoms with E-state index >= 15 is 0 Å². The van der Waals surface area contributed by atoms with Crippen LogP contribution in [-0.4, -0.2) is 15.6 Å². The molecule has 1 aromatic rings. The first-order valence-corrected chi connectivity index (χ1v) is 4.85. The van der Waals surface area contributed by atoms with Gasteiger partial charge in [-0.3, -0.25) is 5.10 Å². The number of nitrogens with zero attached hydrogens (tertiary/aromatic N) is 1. The van der Waals surface area contributed by atoms with Gasteiger partial charge in [0.2, 0.25) is 0 Å². The van der Waals surface area contributed by atoms with Crippen LogP contribution in [0, 0.1) is 0 Å². The lowest BCUT2D eigenvalue weighted by atomic mass is 9.92. The molecule has 2 nitrogen and oxygen atoms in total. The summed E-state index contributed by atoms with van der Waals surface area (Å²) >= 11 is 4.35. The molecule has 0 spiro atoms. The fraction of sp³-hybridized carbons (Fsp3) is 0.667. The van der Waals surface area contributed by atoms with Crippen LogP contribution in [0.2, 0.25) is 0 Å². The zero-order valence-corrected chi connectivity index (χ0v) is 9.67. The Morgan fingerprint density at radius 2 is 1.69 bits per heavy atom. The molecular weight excluding hydrogens is 248 g/mol. The Hall–Kier alpha value is -0.780. The maximum Gasteiger partial charge on any atom is 0.390 e. The van der Waals surface area contributed by atoms with Crippen molar-refractivity contribution in [2.75, 3.05) is 0 Å². The minimum atomic E-state index is -4.64. The smallest absolute Gasteiger partial charge is 0.276 e. The summed E-state index contributed by atoms with van der Waals surface area (Å²) in [5, 5.41) is 0.821. The van der Waals surface area contributed by atoms with E-state index < -0.39 is 22.4 Å². The summed E-state index contributed by atoms with van der Waals surface area (Å²) in [6.07, 6.45) is 0. The number of halogens is 5. The number of H-pyrrole nitrogens is 1. The van der Waals surface area contributed by atoms with Crippen molar-refractivity contribution in [3.05, 3.63) is 17.5 Å². The molecule has 0 atom stereocenters. The molecule has 7 heteroatoms. The van der Waals surface area contributed by atoms with Crippen LogP contribution < -0.4 is 0 Å². The highest BCUT2D eigenvalue weighted by Crippen LogP contribution is 2.45. The maximum absolute atomic E-state index is 13.1. The Morgan fingerprint density at radius 1 is 1.19 bits per heavy atom. The van der Waals surface area contributed by atoms with Gasteiger partial charge in [-0.2, -0.15) is 22.7 Å². The van der Waals surface area contributed by atoms with Crippen molar-refractivity contribution in [2.45, 2.75) is 37.5 Å². The lowest BCUT2D eigenvalue weighted by Gasteiger charge is -2.19. The molecular formula is C9H11ClF4N2. The third-order valence-corrected chi connectivity index (χ3v) is 2.28. The fourth-order valence-electron chi connectivity index (χ4n) is 1.02. The van der Waals surface area contributed by atoms with Gasteiger partial charge in [0.15, 0.2) is 0 Å². The summed E-state index contributed by atoms with van der Waals surface area (Å²) in [5.74, 6) is -4.47. The van der Waals surface area contributed by atoms with E-state index in [0.29, 0.717) is 0 Å². The Labute approximate surface area is 95.0 Å². The second kappa shape index (κ2) is 3.61. The predicted molar refractivity (Wildman–Crippen MR) is 52.0 cm³/mol. The van der Waals surface area contributed by atoms with Crippen LogP contribution in [0.15, 0.2) is 6.07 Å². The highest BCUT2D eigenvalue weighted by molar-refractivity contribution is 6.22. The summed E-state index contributed by atoms with van der Waals surface area (Å²) in [7, 11) is 0. The van der Waals surface area contributed by atoms with Crippen molar-refractivity contribution in [2.24, 2.45) is 0 Å². The van der Waals surface area contributed by atoms with Gasteiger partial charge in [0.1, 0.15) is 5.69 Å². The van der Waals surface area contributed by atoms with Gasteiger partial charge < -0.3 is 0 Å². The molecule has 16 heavy (non-hydrogen) atoms. The zero-order valence-electron chi connectivity index (χ0n) is 8.91. The minimum Gasteiger partial charge on any atom is -0.276 e. The van der Waals surface area contributed by atoms with Crippen molar-refractivity contribution in [1.82, 2.24) is 10.2 Å². The highest BCUT2D eigenvalue weighted by Gasteiger charge is 2.57. The van der Waals surface area contributed by atoms with Crippen LogP contribution in [0.1, 0.15) is 32.2 Å². The molecule has 0 saturated heterocycles. The molecule has 1 N–H and O–H groups in total. The van der Waals surface area contributed by atoms with E-state index in [1.54, 1.807) is 20.8 Å². The Kier molecular flexibility index (Phi) is 3.00. The van der Waals surface area contributed by atoms with E-state index in [9.17, 15) is 17.6 Å². The fourth-order valence-corrected chi connectivity index (χ4v) is 1.12. The zero-order chi connectivity index (χ0) is 12.8. The molecule has 0 aliphatic rings. The molecule has 1 rings (SSSR count). The van der Waals surface area contributed by atoms with Crippen molar-refractivity contribution >= 4 is 11.6 Å². The van der Waals surface area contributed by atoms with Crippen LogP contribution in [0.25, 0.3) is 0 Å². The van der Waals surface area contributed by atoms with Crippen LogP contribution in [0.5, 0.6) is 0 Å². The van der Waals surface area contributed by atoms with Gasteiger partial charge in [0.05, 0.1) is 5.69 Å². The molecule has 0 bridgehead atoms. The monoisotopic (exact) mass is 258 g/mol. The topological polar surface area (TPSA) is 28.7 Å². The van der Waals surface area contributed by atoms with Crippen molar-refractivity contribution in [3.63, 3.8) is 0 Å². The molecule has 0 aliphatic heterocycles. The van der Waals surface area contributed by atoms with E-state index in [-0.39, 0.29) is 5.69 Å². The second-order valence-electron chi connectivity index (χ2n) is 4.49. The summed E-state index contributed by atoms with van der Waals surface area (Å²) in [5.41, 5.74) is -1.23. The van der Waals surface area contributed by atoms with Crippen LogP contribution in [0.3, 0.4) is 0 Å². The minimum absolute atomic E-state index is 0.267. The third kappa shape index (κ3) is 2.31. The average molecular weight is 259 g/mol. The second-order valence-corrected chi connectivity index (χ2v) is 4.96. The largest absolute Gasteiger partial charge is 0.390 e.